The fourth-order valence-corrected chi connectivity index (χ4v) is 3.77. The van der Waals surface area contributed by atoms with Crippen LogP contribution in [0.5, 0.6) is 0 Å². The van der Waals surface area contributed by atoms with Crippen molar-refractivity contribution in [2.24, 2.45) is 0 Å². The van der Waals surface area contributed by atoms with Crippen molar-refractivity contribution < 1.29 is 5.11 Å². The molecule has 2 nitrogen and oxygen atoms in total. The summed E-state index contributed by atoms with van der Waals surface area (Å²) in [5.41, 5.74) is 4.18. The molecule has 1 heterocycles. The van der Waals surface area contributed by atoms with Crippen molar-refractivity contribution in [1.29, 1.82) is 0 Å². The quantitative estimate of drug-likeness (QED) is 0.453. The molecule has 0 amide bonds. The first kappa shape index (κ1) is 16.1. The Balaban J connectivity index is 1.88. The Hall–Kier alpha value is -2.36. The van der Waals surface area contributed by atoms with Crippen molar-refractivity contribution in [3.05, 3.63) is 106 Å². The second-order valence-electron chi connectivity index (χ2n) is 6.18. The molecule has 4 aromatic rings. The molecule has 4 rings (SSSR count). The highest BCUT2D eigenvalue weighted by Crippen LogP contribution is 2.40. The zero-order valence-electron chi connectivity index (χ0n) is 13.6. The second kappa shape index (κ2) is 6.87. The van der Waals surface area contributed by atoms with Gasteiger partial charge in [-0.05, 0) is 28.8 Å². The summed E-state index contributed by atoms with van der Waals surface area (Å²) in [7, 11) is 0. The predicted molar refractivity (Wildman–Crippen MR) is 106 cm³/mol. The average Bonchev–Trinajstić information content (AvgIpc) is 3.06. The zero-order chi connectivity index (χ0) is 17.2. The molecule has 0 unspecified atom stereocenters. The number of benzene rings is 3. The van der Waals surface area contributed by atoms with E-state index in [2.05, 4.69) is 45.2 Å². The summed E-state index contributed by atoms with van der Waals surface area (Å²) in [6.07, 6.45) is 1.40. The minimum Gasteiger partial charge on any atom is -0.387 e. The van der Waals surface area contributed by atoms with Crippen LogP contribution in [-0.4, -0.2) is 10.1 Å². The number of hydrogen-bond donors (Lipinski definition) is 2. The molecule has 0 fully saturated rings. The summed E-state index contributed by atoms with van der Waals surface area (Å²) in [6, 6.07) is 26.3. The highest BCUT2D eigenvalue weighted by Gasteiger charge is 2.26. The van der Waals surface area contributed by atoms with Crippen LogP contribution in [0.3, 0.4) is 0 Å². The molecule has 0 spiro atoms. The number of nitrogens with one attached hydrogen (secondary N) is 1. The number of rotatable bonds is 4. The molecule has 1 aromatic heterocycles. The Morgan fingerprint density at radius 1 is 0.800 bits per heavy atom. The number of hydrogen-bond acceptors (Lipinski definition) is 1. The summed E-state index contributed by atoms with van der Waals surface area (Å²) in [4.78, 5) is 3.34. The molecule has 0 radical (unpaired) electrons. The third-order valence-corrected chi connectivity index (χ3v) is 5.12. The predicted octanol–water partition coefficient (Wildman–Crippen LogP) is 5.80. The van der Waals surface area contributed by atoms with Crippen molar-refractivity contribution >= 4 is 26.8 Å². The van der Waals surface area contributed by atoms with Gasteiger partial charge in [-0.15, -0.1) is 0 Å². The lowest BCUT2D eigenvalue weighted by Crippen LogP contribution is -2.12. The molecule has 3 heteroatoms. The van der Waals surface area contributed by atoms with Gasteiger partial charge in [-0.25, -0.2) is 0 Å². The van der Waals surface area contributed by atoms with E-state index in [9.17, 15) is 5.11 Å². The first-order valence-corrected chi connectivity index (χ1v) is 9.08. The smallest absolute Gasteiger partial charge is 0.0899 e. The highest BCUT2D eigenvalue weighted by atomic mass is 79.9. The van der Waals surface area contributed by atoms with Gasteiger partial charge in [-0.2, -0.15) is 0 Å². The molecule has 124 valence electrons. The summed E-state index contributed by atoms with van der Waals surface area (Å²) < 4.78 is 1.04. The van der Waals surface area contributed by atoms with Crippen LogP contribution in [0.15, 0.2) is 89.5 Å². The van der Waals surface area contributed by atoms with Gasteiger partial charge in [-0.3, -0.25) is 0 Å². The SMILES string of the molecule is O[C@@H](c1ccccc1)[C@H](c1ccccc1)c1c[nH]c2cc(Br)ccc12. The van der Waals surface area contributed by atoms with Crippen molar-refractivity contribution in [2.75, 3.05) is 0 Å². The highest BCUT2D eigenvalue weighted by molar-refractivity contribution is 9.10. The third-order valence-electron chi connectivity index (χ3n) is 4.63. The zero-order valence-corrected chi connectivity index (χ0v) is 15.1. The van der Waals surface area contributed by atoms with E-state index in [1.165, 1.54) is 0 Å². The lowest BCUT2D eigenvalue weighted by molar-refractivity contribution is 0.159. The van der Waals surface area contributed by atoms with Gasteiger partial charge in [0.1, 0.15) is 0 Å². The van der Waals surface area contributed by atoms with Crippen LogP contribution in [0.25, 0.3) is 10.9 Å². The minimum absolute atomic E-state index is 0.140. The Morgan fingerprint density at radius 2 is 1.44 bits per heavy atom. The first-order chi connectivity index (χ1) is 12.2. The number of aromatic amines is 1. The maximum Gasteiger partial charge on any atom is 0.0899 e. The van der Waals surface area contributed by atoms with E-state index < -0.39 is 6.10 Å². The molecular formula is C22H18BrNO. The summed E-state index contributed by atoms with van der Waals surface area (Å²) in [5, 5.41) is 12.3. The van der Waals surface area contributed by atoms with E-state index in [0.29, 0.717) is 0 Å². The van der Waals surface area contributed by atoms with Gasteiger partial charge >= 0.3 is 0 Å². The lowest BCUT2D eigenvalue weighted by Gasteiger charge is -2.24. The monoisotopic (exact) mass is 391 g/mol. The van der Waals surface area contributed by atoms with E-state index in [0.717, 1.165) is 32.1 Å². The van der Waals surface area contributed by atoms with Crippen LogP contribution in [0.2, 0.25) is 0 Å². The molecule has 0 aliphatic heterocycles. The molecule has 0 bridgehead atoms. The number of aliphatic hydroxyl groups is 1. The Morgan fingerprint density at radius 3 is 2.12 bits per heavy atom. The van der Waals surface area contributed by atoms with Crippen LogP contribution in [0.1, 0.15) is 28.7 Å². The van der Waals surface area contributed by atoms with E-state index in [1.54, 1.807) is 0 Å². The standard InChI is InChI=1S/C22H18BrNO/c23-17-11-12-18-19(14-24-20(18)13-17)21(15-7-3-1-4-8-15)22(25)16-9-5-2-6-10-16/h1-14,21-22,24-25H/t21-,22+/m1/s1. The molecule has 3 aromatic carbocycles. The van der Waals surface area contributed by atoms with Gasteiger partial charge in [0, 0.05) is 27.5 Å². The summed E-state index contributed by atoms with van der Waals surface area (Å²) >= 11 is 3.52. The number of fused-ring (bicyclic) bond motifs is 1. The molecule has 0 saturated heterocycles. The van der Waals surface area contributed by atoms with Gasteiger partial charge in [0.25, 0.3) is 0 Å². The largest absolute Gasteiger partial charge is 0.387 e. The maximum atomic E-state index is 11.2. The van der Waals surface area contributed by atoms with E-state index in [1.807, 2.05) is 60.8 Å². The van der Waals surface area contributed by atoms with Gasteiger partial charge in [0.15, 0.2) is 0 Å². The van der Waals surface area contributed by atoms with E-state index in [-0.39, 0.29) is 5.92 Å². The lowest BCUT2D eigenvalue weighted by atomic mass is 9.83. The fraction of sp³-hybridized carbons (Fsp3) is 0.0909. The molecule has 0 saturated carbocycles. The first-order valence-electron chi connectivity index (χ1n) is 8.28. The maximum absolute atomic E-state index is 11.2. The van der Waals surface area contributed by atoms with Crippen molar-refractivity contribution in [2.45, 2.75) is 12.0 Å². The summed E-state index contributed by atoms with van der Waals surface area (Å²) in [6.45, 7) is 0. The van der Waals surface area contributed by atoms with Gasteiger partial charge < -0.3 is 10.1 Å². The van der Waals surface area contributed by atoms with E-state index in [4.69, 9.17) is 0 Å². The van der Waals surface area contributed by atoms with Crippen LogP contribution in [0, 0.1) is 0 Å². The molecule has 0 aliphatic carbocycles. The van der Waals surface area contributed by atoms with Crippen LogP contribution in [-0.2, 0) is 0 Å². The normalized spacial score (nSPS) is 13.7. The number of aromatic nitrogens is 1. The molecule has 0 aliphatic rings. The third kappa shape index (κ3) is 3.13. The Kier molecular flexibility index (Phi) is 4.43. The van der Waals surface area contributed by atoms with Crippen LogP contribution < -0.4 is 0 Å². The van der Waals surface area contributed by atoms with Gasteiger partial charge in [0.2, 0.25) is 0 Å². The van der Waals surface area contributed by atoms with Crippen molar-refractivity contribution in [3.63, 3.8) is 0 Å². The molecule has 2 N–H and O–H groups in total. The number of halogens is 1. The summed E-state index contributed by atoms with van der Waals surface area (Å²) in [5.74, 6) is -0.140. The molecule has 2 atom stereocenters. The second-order valence-corrected chi connectivity index (χ2v) is 7.09. The van der Waals surface area contributed by atoms with E-state index >= 15 is 0 Å². The van der Waals surface area contributed by atoms with Crippen molar-refractivity contribution in [1.82, 2.24) is 4.98 Å². The topological polar surface area (TPSA) is 36.0 Å². The van der Waals surface area contributed by atoms with Crippen LogP contribution >= 0.6 is 15.9 Å². The molecular weight excluding hydrogens is 374 g/mol. The van der Waals surface area contributed by atoms with Crippen molar-refractivity contribution in [3.8, 4) is 0 Å². The van der Waals surface area contributed by atoms with Gasteiger partial charge in [-0.1, -0.05) is 82.7 Å². The number of H-pyrrole nitrogens is 1. The number of aliphatic hydroxyl groups excluding tert-OH is 1. The average molecular weight is 392 g/mol. The Bertz CT molecular complexity index is 979. The van der Waals surface area contributed by atoms with Gasteiger partial charge in [0.05, 0.1) is 6.10 Å². The fourth-order valence-electron chi connectivity index (χ4n) is 3.41. The van der Waals surface area contributed by atoms with Crippen LogP contribution in [0.4, 0.5) is 0 Å². The minimum atomic E-state index is -0.619. The Labute approximate surface area is 155 Å². The molecule has 25 heavy (non-hydrogen) atoms.